The number of aryl methyl sites for hydroxylation is 2. The summed E-state index contributed by atoms with van der Waals surface area (Å²) in [6, 6.07) is 28.3. The third-order valence-electron chi connectivity index (χ3n) is 8.96. The van der Waals surface area contributed by atoms with Gasteiger partial charge in [-0.3, -0.25) is 0 Å². The number of fused-ring (bicyclic) bond motifs is 1. The van der Waals surface area contributed by atoms with Crippen LogP contribution >= 0.6 is 23.2 Å². The third-order valence-corrected chi connectivity index (χ3v) is 9.74. The van der Waals surface area contributed by atoms with Crippen LogP contribution in [0.1, 0.15) is 48.9 Å². The predicted octanol–water partition coefficient (Wildman–Crippen LogP) is 9.46. The van der Waals surface area contributed by atoms with Gasteiger partial charge in [0.15, 0.2) is 23.0 Å². The van der Waals surface area contributed by atoms with Crippen molar-refractivity contribution >= 4 is 34.0 Å². The summed E-state index contributed by atoms with van der Waals surface area (Å²) in [5, 5.41) is 30.7. The van der Waals surface area contributed by atoms with Crippen molar-refractivity contribution in [3.05, 3.63) is 117 Å². The van der Waals surface area contributed by atoms with Crippen molar-refractivity contribution in [1.29, 1.82) is 0 Å². The van der Waals surface area contributed by atoms with Crippen molar-refractivity contribution in [3.8, 4) is 34.1 Å². The number of ether oxygens (including phenoxy) is 2. The van der Waals surface area contributed by atoms with E-state index in [9.17, 15) is 10.2 Å². The van der Waals surface area contributed by atoms with E-state index in [0.29, 0.717) is 28.1 Å². The van der Waals surface area contributed by atoms with Crippen LogP contribution in [-0.2, 0) is 25.9 Å². The number of hydrogen-bond acceptors (Lipinski definition) is 6. The zero-order valence-electron chi connectivity index (χ0n) is 27.9. The Hall–Kier alpha value is -3.94. The summed E-state index contributed by atoms with van der Waals surface area (Å²) in [5.74, 6) is 1.29. The lowest BCUT2D eigenvalue weighted by Gasteiger charge is -2.18. The minimum atomic E-state index is 0.144. The average Bonchev–Trinajstić information content (AvgIpc) is 3.09. The molecule has 2 unspecified atom stereocenters. The van der Waals surface area contributed by atoms with Crippen molar-refractivity contribution < 1.29 is 19.7 Å². The van der Waals surface area contributed by atoms with Crippen LogP contribution in [0, 0.1) is 0 Å². The molecule has 0 aromatic heterocycles. The molecule has 48 heavy (non-hydrogen) atoms. The monoisotopic (exact) mass is 686 g/mol. The van der Waals surface area contributed by atoms with Gasteiger partial charge in [-0.1, -0.05) is 71.7 Å². The molecule has 4 N–H and O–H groups in total. The first-order chi connectivity index (χ1) is 23.2. The van der Waals surface area contributed by atoms with Crippen LogP contribution < -0.4 is 20.1 Å². The summed E-state index contributed by atoms with van der Waals surface area (Å²) < 4.78 is 10.5. The first kappa shape index (κ1) is 35.4. The minimum absolute atomic E-state index is 0.144. The number of halogens is 2. The van der Waals surface area contributed by atoms with E-state index < -0.39 is 0 Å². The Morgan fingerprint density at radius 2 is 1.29 bits per heavy atom. The molecule has 0 amide bonds. The summed E-state index contributed by atoms with van der Waals surface area (Å²) >= 11 is 13.7. The van der Waals surface area contributed by atoms with Crippen molar-refractivity contribution in [2.24, 2.45) is 0 Å². The van der Waals surface area contributed by atoms with Crippen molar-refractivity contribution in [1.82, 2.24) is 10.6 Å². The minimum Gasteiger partial charge on any atom is -0.504 e. The van der Waals surface area contributed by atoms with Gasteiger partial charge in [-0.2, -0.15) is 0 Å². The fourth-order valence-corrected chi connectivity index (χ4v) is 6.54. The number of phenols is 2. The Bertz CT molecular complexity index is 1860. The van der Waals surface area contributed by atoms with Crippen LogP contribution in [0.4, 0.5) is 0 Å². The van der Waals surface area contributed by atoms with E-state index in [2.05, 4.69) is 60.9 Å². The Balaban J connectivity index is 1.24. The molecule has 5 rings (SSSR count). The van der Waals surface area contributed by atoms with Crippen LogP contribution in [0.5, 0.6) is 23.0 Å². The van der Waals surface area contributed by atoms with Crippen LogP contribution in [0.2, 0.25) is 10.0 Å². The number of aromatic hydroxyl groups is 2. The largest absolute Gasteiger partial charge is 0.504 e. The zero-order chi connectivity index (χ0) is 34.2. The van der Waals surface area contributed by atoms with Crippen molar-refractivity contribution in [2.45, 2.75) is 64.7 Å². The third kappa shape index (κ3) is 8.74. The highest BCUT2D eigenvalue weighted by Gasteiger charge is 2.15. The van der Waals surface area contributed by atoms with E-state index >= 15 is 0 Å². The second-order valence-corrected chi connectivity index (χ2v) is 13.2. The van der Waals surface area contributed by atoms with Crippen molar-refractivity contribution in [3.63, 3.8) is 0 Å². The van der Waals surface area contributed by atoms with Gasteiger partial charge in [0.1, 0.15) is 0 Å². The van der Waals surface area contributed by atoms with Crippen LogP contribution in [0.3, 0.4) is 0 Å². The molecule has 252 valence electrons. The molecule has 0 aliphatic carbocycles. The molecule has 6 nitrogen and oxygen atoms in total. The van der Waals surface area contributed by atoms with Crippen molar-refractivity contribution in [2.75, 3.05) is 14.2 Å². The lowest BCUT2D eigenvalue weighted by Crippen LogP contribution is -2.26. The predicted molar refractivity (Wildman–Crippen MR) is 198 cm³/mol. The number of nitrogens with one attached hydrogen (secondary N) is 2. The molecule has 2 atom stereocenters. The fraction of sp³-hybridized carbons (Fsp3) is 0.300. The van der Waals surface area contributed by atoms with Gasteiger partial charge in [-0.15, -0.1) is 0 Å². The quantitative estimate of drug-likeness (QED) is 0.0878. The Labute approximate surface area is 293 Å². The Morgan fingerprint density at radius 1 is 0.688 bits per heavy atom. The first-order valence-electron chi connectivity index (χ1n) is 16.3. The molecule has 0 radical (unpaired) electrons. The van der Waals surface area contributed by atoms with Gasteiger partial charge in [0, 0.05) is 41.3 Å². The van der Waals surface area contributed by atoms with Gasteiger partial charge in [-0.05, 0) is 109 Å². The Morgan fingerprint density at radius 3 is 1.90 bits per heavy atom. The highest BCUT2D eigenvalue weighted by atomic mass is 35.5. The number of benzene rings is 5. The number of phenolic OH excluding ortho intramolecular Hbond substituents is 2. The lowest BCUT2D eigenvalue weighted by molar-refractivity contribution is 0.372. The molecule has 0 saturated heterocycles. The maximum Gasteiger partial charge on any atom is 0.160 e. The van der Waals surface area contributed by atoms with Gasteiger partial charge in [0.05, 0.1) is 19.2 Å². The molecule has 0 heterocycles. The zero-order valence-corrected chi connectivity index (χ0v) is 29.5. The van der Waals surface area contributed by atoms with E-state index in [1.807, 2.05) is 36.4 Å². The van der Waals surface area contributed by atoms with E-state index in [4.69, 9.17) is 32.7 Å². The second-order valence-electron chi connectivity index (χ2n) is 12.4. The van der Waals surface area contributed by atoms with E-state index in [-0.39, 0.29) is 23.6 Å². The molecule has 5 aromatic rings. The number of hydrogen-bond donors (Lipinski definition) is 4. The number of rotatable bonds is 15. The van der Waals surface area contributed by atoms with Gasteiger partial charge in [0.2, 0.25) is 0 Å². The fourth-order valence-electron chi connectivity index (χ4n) is 5.93. The summed E-state index contributed by atoms with van der Waals surface area (Å²) in [6.45, 7) is 5.62. The average molecular weight is 688 g/mol. The van der Waals surface area contributed by atoms with Crippen LogP contribution in [0.25, 0.3) is 21.9 Å². The summed E-state index contributed by atoms with van der Waals surface area (Å²) in [7, 11) is 3.13. The van der Waals surface area contributed by atoms with Crippen LogP contribution in [0.15, 0.2) is 84.9 Å². The molecule has 0 aliphatic rings. The molecule has 5 aromatic carbocycles. The maximum absolute atomic E-state index is 9.89. The normalized spacial score (nSPS) is 12.6. The lowest BCUT2D eigenvalue weighted by atomic mass is 9.96. The first-order valence-corrected chi connectivity index (χ1v) is 17.1. The van der Waals surface area contributed by atoms with Gasteiger partial charge in [0.25, 0.3) is 0 Å². The molecule has 0 spiro atoms. The van der Waals surface area contributed by atoms with Gasteiger partial charge < -0.3 is 30.3 Å². The topological polar surface area (TPSA) is 83.0 Å². The highest BCUT2D eigenvalue weighted by molar-refractivity contribution is 6.37. The van der Waals surface area contributed by atoms with E-state index in [0.717, 1.165) is 60.0 Å². The SMILES string of the molecule is COc1cc(CCC(C)NCc2c(Cl)ccc(-c3ccc4cccc(CNC(C)CCc5ccc(O)c(OC)c5)c4c3)c2Cl)ccc1O. The maximum atomic E-state index is 9.89. The highest BCUT2D eigenvalue weighted by Crippen LogP contribution is 2.37. The molecule has 0 fully saturated rings. The second kappa shape index (κ2) is 16.4. The smallest absolute Gasteiger partial charge is 0.160 e. The molecule has 8 heteroatoms. The van der Waals surface area contributed by atoms with Gasteiger partial charge >= 0.3 is 0 Å². The summed E-state index contributed by atoms with van der Waals surface area (Å²) in [5.41, 5.74) is 6.33. The standard InChI is InChI=1S/C40H44Cl2N2O4/c1-25(8-10-27-12-18-36(45)38(20-27)47-3)43-23-31-7-5-6-29-14-15-30(22-33(29)31)32-16-17-35(41)34(40(32)42)24-44-26(2)9-11-28-13-19-37(46)39(21-28)48-4/h5-7,12-22,25-26,43-46H,8-11,23-24H2,1-4H3. The molecule has 0 bridgehead atoms. The van der Waals surface area contributed by atoms with E-state index in [1.54, 1.807) is 26.4 Å². The van der Waals surface area contributed by atoms with Crippen LogP contribution in [-0.4, -0.2) is 36.5 Å². The molecule has 0 aliphatic heterocycles. The Kier molecular flexibility index (Phi) is 12.1. The van der Waals surface area contributed by atoms with E-state index in [1.165, 1.54) is 16.3 Å². The summed E-state index contributed by atoms with van der Waals surface area (Å²) in [4.78, 5) is 0. The molecular formula is C40H44Cl2N2O4. The molecule has 0 saturated carbocycles. The van der Waals surface area contributed by atoms with Gasteiger partial charge in [-0.25, -0.2) is 0 Å². The molecular weight excluding hydrogens is 643 g/mol. The summed E-state index contributed by atoms with van der Waals surface area (Å²) in [6.07, 6.45) is 3.57. The number of methoxy groups -OCH3 is 2.